The SMILES string of the molecule is COC[C@H](C(=O)Nc1cccc2c1CC=C2c1nc(Nc2ccc(OCC(=O)OC)nc2)ncc1C)N1CCN(C)CC1. The number of rotatable bonds is 11. The van der Waals surface area contributed by atoms with Gasteiger partial charge in [0.2, 0.25) is 17.7 Å². The molecule has 0 radical (unpaired) electrons. The molecular formula is C31H37N7O5. The number of allylic oxidation sites excluding steroid dienone is 1. The number of ether oxygens (including phenoxy) is 3. The number of pyridine rings is 1. The molecule has 5 rings (SSSR count). The smallest absolute Gasteiger partial charge is 0.343 e. The lowest BCUT2D eigenvalue weighted by molar-refractivity contribution is -0.143. The van der Waals surface area contributed by atoms with E-state index in [1.807, 2.05) is 19.1 Å². The zero-order valence-electron chi connectivity index (χ0n) is 24.9. The van der Waals surface area contributed by atoms with Crippen LogP contribution in [0.2, 0.25) is 0 Å². The first-order chi connectivity index (χ1) is 20.9. The number of methoxy groups -OCH3 is 2. The van der Waals surface area contributed by atoms with Crippen LogP contribution in [0.5, 0.6) is 5.88 Å². The molecule has 3 heterocycles. The highest BCUT2D eigenvalue weighted by Gasteiger charge is 2.30. The topological polar surface area (TPSA) is 131 Å². The van der Waals surface area contributed by atoms with Gasteiger partial charge in [0.1, 0.15) is 6.04 Å². The monoisotopic (exact) mass is 587 g/mol. The van der Waals surface area contributed by atoms with Crippen LogP contribution in [0.3, 0.4) is 0 Å². The zero-order valence-corrected chi connectivity index (χ0v) is 24.9. The van der Waals surface area contributed by atoms with Gasteiger partial charge in [-0.25, -0.2) is 19.7 Å². The number of nitrogens with zero attached hydrogens (tertiary/aromatic N) is 5. The van der Waals surface area contributed by atoms with E-state index in [-0.39, 0.29) is 18.6 Å². The number of piperazine rings is 1. The van der Waals surface area contributed by atoms with E-state index in [1.165, 1.54) is 7.11 Å². The molecule has 0 saturated carbocycles. The molecule has 1 amide bonds. The average molecular weight is 588 g/mol. The highest BCUT2D eigenvalue weighted by Crippen LogP contribution is 2.37. The van der Waals surface area contributed by atoms with E-state index in [0.29, 0.717) is 30.5 Å². The molecule has 2 aliphatic rings. The Hall–Kier alpha value is -4.39. The molecule has 12 heteroatoms. The van der Waals surface area contributed by atoms with E-state index >= 15 is 0 Å². The molecule has 2 aromatic heterocycles. The van der Waals surface area contributed by atoms with Gasteiger partial charge >= 0.3 is 5.97 Å². The van der Waals surface area contributed by atoms with Gasteiger partial charge in [-0.05, 0) is 49.2 Å². The van der Waals surface area contributed by atoms with E-state index in [1.54, 1.807) is 31.6 Å². The van der Waals surface area contributed by atoms with E-state index in [2.05, 4.69) is 54.3 Å². The van der Waals surface area contributed by atoms with E-state index < -0.39 is 5.97 Å². The van der Waals surface area contributed by atoms with Crippen LogP contribution in [0.25, 0.3) is 5.57 Å². The molecule has 1 aliphatic heterocycles. The number of esters is 1. The summed E-state index contributed by atoms with van der Waals surface area (Å²) in [5.74, 6) is 0.171. The fourth-order valence-corrected chi connectivity index (χ4v) is 5.20. The molecule has 43 heavy (non-hydrogen) atoms. The van der Waals surface area contributed by atoms with E-state index in [4.69, 9.17) is 14.5 Å². The number of nitrogens with one attached hydrogen (secondary N) is 2. The van der Waals surface area contributed by atoms with Gasteiger partial charge in [0, 0.05) is 56.8 Å². The molecule has 1 saturated heterocycles. The number of aromatic nitrogens is 3. The van der Waals surface area contributed by atoms with Crippen molar-refractivity contribution in [3.8, 4) is 5.88 Å². The van der Waals surface area contributed by atoms with Gasteiger partial charge < -0.3 is 29.7 Å². The van der Waals surface area contributed by atoms with Crippen LogP contribution in [0.4, 0.5) is 17.3 Å². The number of carbonyl (C=O) groups excluding carboxylic acids is 2. The first-order valence-corrected chi connectivity index (χ1v) is 14.2. The predicted octanol–water partition coefficient (Wildman–Crippen LogP) is 2.66. The second-order valence-corrected chi connectivity index (χ2v) is 10.6. The number of aryl methyl sites for hydroxylation is 1. The average Bonchev–Trinajstić information content (AvgIpc) is 3.46. The van der Waals surface area contributed by atoms with Crippen molar-refractivity contribution in [1.82, 2.24) is 24.8 Å². The van der Waals surface area contributed by atoms with Crippen molar-refractivity contribution in [3.63, 3.8) is 0 Å². The third-order valence-corrected chi connectivity index (χ3v) is 7.63. The molecule has 0 bridgehead atoms. The maximum Gasteiger partial charge on any atom is 0.343 e. The van der Waals surface area contributed by atoms with Gasteiger partial charge in [-0.2, -0.15) is 0 Å². The summed E-state index contributed by atoms with van der Waals surface area (Å²) in [7, 11) is 5.03. The molecule has 3 aromatic rings. The molecule has 0 unspecified atom stereocenters. The maximum atomic E-state index is 13.5. The number of amides is 1. The minimum atomic E-state index is -0.483. The number of hydrogen-bond acceptors (Lipinski definition) is 11. The quantitative estimate of drug-likeness (QED) is 0.321. The van der Waals surface area contributed by atoms with Gasteiger partial charge in [0.25, 0.3) is 0 Å². The first-order valence-electron chi connectivity index (χ1n) is 14.2. The first kappa shape index (κ1) is 30.1. The second-order valence-electron chi connectivity index (χ2n) is 10.6. The van der Waals surface area contributed by atoms with Crippen molar-refractivity contribution in [2.75, 3.05) is 71.3 Å². The van der Waals surface area contributed by atoms with Gasteiger partial charge in [-0.1, -0.05) is 18.2 Å². The number of hydrogen-bond donors (Lipinski definition) is 2. The molecule has 0 spiro atoms. The van der Waals surface area contributed by atoms with Crippen LogP contribution < -0.4 is 15.4 Å². The minimum Gasteiger partial charge on any atom is -0.466 e. The van der Waals surface area contributed by atoms with Crippen molar-refractivity contribution in [3.05, 3.63) is 71.2 Å². The lowest BCUT2D eigenvalue weighted by Gasteiger charge is -2.36. The lowest BCUT2D eigenvalue weighted by Crippen LogP contribution is -2.54. The van der Waals surface area contributed by atoms with E-state index in [0.717, 1.165) is 59.8 Å². The highest BCUT2D eigenvalue weighted by molar-refractivity contribution is 5.97. The largest absolute Gasteiger partial charge is 0.466 e. The Labute approximate surface area is 251 Å². The number of anilines is 3. The van der Waals surface area contributed by atoms with Gasteiger partial charge in [0.15, 0.2) is 6.61 Å². The Bertz CT molecular complexity index is 1490. The van der Waals surface area contributed by atoms with Crippen molar-refractivity contribution in [1.29, 1.82) is 0 Å². The summed E-state index contributed by atoms with van der Waals surface area (Å²) in [5.41, 5.74) is 6.28. The van der Waals surface area contributed by atoms with Gasteiger partial charge in [-0.3, -0.25) is 9.69 Å². The standard InChI is InChI=1S/C31H37N7O5/c1-20-16-33-31(34-21-8-11-27(32-17-21)43-19-28(39)42-4)36-29(20)24-10-9-23-22(24)6-5-7-25(23)35-30(40)26(18-41-3)38-14-12-37(2)13-15-38/h5-8,10-11,16-17,26H,9,12-15,18-19H2,1-4H3,(H,35,40)(H,33,34,36)/t26-/m1/s1. The molecule has 1 aromatic carbocycles. The summed E-state index contributed by atoms with van der Waals surface area (Å²) in [4.78, 5) is 42.7. The summed E-state index contributed by atoms with van der Waals surface area (Å²) in [6.45, 7) is 5.58. The Morgan fingerprint density at radius 3 is 2.58 bits per heavy atom. The summed E-state index contributed by atoms with van der Waals surface area (Å²) in [5, 5.41) is 6.38. The third-order valence-electron chi connectivity index (χ3n) is 7.63. The van der Waals surface area contributed by atoms with Crippen molar-refractivity contribution in [2.24, 2.45) is 0 Å². The second kappa shape index (κ2) is 13.7. The molecule has 1 atom stereocenters. The zero-order chi connectivity index (χ0) is 30.3. The molecule has 226 valence electrons. The van der Waals surface area contributed by atoms with Crippen molar-refractivity contribution < 1.29 is 23.8 Å². The van der Waals surface area contributed by atoms with E-state index in [9.17, 15) is 9.59 Å². The van der Waals surface area contributed by atoms with Crippen LogP contribution >= 0.6 is 0 Å². The normalized spacial score (nSPS) is 15.8. The highest BCUT2D eigenvalue weighted by atomic mass is 16.6. The fourth-order valence-electron chi connectivity index (χ4n) is 5.20. The van der Waals surface area contributed by atoms with Crippen LogP contribution in [0.15, 0.2) is 48.8 Å². The minimum absolute atomic E-state index is 0.0618. The molecule has 1 fully saturated rings. The Morgan fingerprint density at radius 1 is 1.05 bits per heavy atom. The summed E-state index contributed by atoms with van der Waals surface area (Å²) < 4.78 is 15.3. The van der Waals surface area contributed by atoms with Crippen molar-refractivity contribution in [2.45, 2.75) is 19.4 Å². The van der Waals surface area contributed by atoms with Crippen molar-refractivity contribution >= 4 is 34.8 Å². The maximum absolute atomic E-state index is 13.5. The number of benzene rings is 1. The summed E-state index contributed by atoms with van der Waals surface area (Å²) in [6, 6.07) is 9.02. The molecule has 2 N–H and O–H groups in total. The Balaban J connectivity index is 1.30. The molecule has 12 nitrogen and oxygen atoms in total. The van der Waals surface area contributed by atoms with Crippen LogP contribution in [-0.4, -0.2) is 103 Å². The number of carbonyl (C=O) groups is 2. The predicted molar refractivity (Wildman–Crippen MR) is 162 cm³/mol. The van der Waals surface area contributed by atoms with Gasteiger partial charge in [0.05, 0.1) is 31.3 Å². The lowest BCUT2D eigenvalue weighted by atomic mass is 9.99. The fraction of sp³-hybridized carbons (Fsp3) is 0.387. The molecular weight excluding hydrogens is 550 g/mol. The third kappa shape index (κ3) is 7.16. The van der Waals surface area contributed by atoms with Crippen LogP contribution in [0.1, 0.15) is 22.4 Å². The summed E-state index contributed by atoms with van der Waals surface area (Å²) >= 11 is 0. The van der Waals surface area contributed by atoms with Crippen LogP contribution in [0, 0.1) is 6.92 Å². The summed E-state index contributed by atoms with van der Waals surface area (Å²) in [6.07, 6.45) is 6.17. The van der Waals surface area contributed by atoms with Gasteiger partial charge in [-0.15, -0.1) is 0 Å². The van der Waals surface area contributed by atoms with Crippen LogP contribution in [-0.2, 0) is 25.5 Å². The Morgan fingerprint density at radius 2 is 1.86 bits per heavy atom. The number of likely N-dealkylation sites (N-methyl/N-ethyl adjacent to an activating group) is 1. The Kier molecular flexibility index (Phi) is 9.60. The number of fused-ring (bicyclic) bond motifs is 1. The molecule has 1 aliphatic carbocycles.